The number of carbonyl (C=O) groups is 1. The van der Waals surface area contributed by atoms with Gasteiger partial charge >= 0.3 is 5.82 Å². The monoisotopic (exact) mass is 359 g/mol. The topological polar surface area (TPSA) is 116 Å². The number of nitrogens with zero attached hydrogens (tertiary/aromatic N) is 3. The Morgan fingerprint density at radius 2 is 1.92 bits per heavy atom. The van der Waals surface area contributed by atoms with Crippen molar-refractivity contribution < 1.29 is 9.72 Å². The molecule has 1 atom stereocenters. The normalized spacial score (nSPS) is 12.2. The molecule has 0 aliphatic carbocycles. The highest BCUT2D eigenvalue weighted by Gasteiger charge is 2.16. The van der Waals surface area contributed by atoms with E-state index in [2.05, 4.69) is 36.3 Å². The van der Waals surface area contributed by atoms with Crippen molar-refractivity contribution in [2.45, 2.75) is 45.7 Å². The van der Waals surface area contributed by atoms with Crippen LogP contribution in [0, 0.1) is 17.0 Å². The van der Waals surface area contributed by atoms with Gasteiger partial charge < -0.3 is 25.7 Å². The molecule has 2 rings (SSSR count). The molecule has 26 heavy (non-hydrogen) atoms. The maximum atomic E-state index is 12.0. The van der Waals surface area contributed by atoms with Gasteiger partial charge in [-0.15, -0.1) is 0 Å². The Bertz CT molecular complexity index is 768. The zero-order valence-corrected chi connectivity index (χ0v) is 15.3. The van der Waals surface area contributed by atoms with Crippen LogP contribution in [0.1, 0.15) is 49.2 Å². The van der Waals surface area contributed by atoms with E-state index in [1.165, 1.54) is 11.8 Å². The predicted octanol–water partition coefficient (Wildman–Crippen LogP) is 2.43. The lowest BCUT2D eigenvalue weighted by atomic mass is 9.99. The van der Waals surface area contributed by atoms with Crippen molar-refractivity contribution in [1.29, 1.82) is 0 Å². The Morgan fingerprint density at radius 3 is 2.46 bits per heavy atom. The molecule has 1 aromatic carbocycles. The molecule has 0 spiro atoms. The second-order valence-electron chi connectivity index (χ2n) is 6.58. The summed E-state index contributed by atoms with van der Waals surface area (Å²) in [6, 6.07) is 7.80. The van der Waals surface area contributed by atoms with Crippen LogP contribution in [0.2, 0.25) is 0 Å². The molecule has 1 aromatic heterocycles. The van der Waals surface area contributed by atoms with E-state index in [9.17, 15) is 14.9 Å². The van der Waals surface area contributed by atoms with Crippen LogP contribution in [0.5, 0.6) is 0 Å². The molecule has 140 valence electrons. The predicted molar refractivity (Wildman–Crippen MR) is 98.7 cm³/mol. The third-order valence-electron chi connectivity index (χ3n) is 4.28. The van der Waals surface area contributed by atoms with Gasteiger partial charge in [-0.25, -0.2) is 0 Å². The molecule has 0 bridgehead atoms. The van der Waals surface area contributed by atoms with E-state index in [0.717, 1.165) is 5.56 Å². The first kappa shape index (κ1) is 19.6. The van der Waals surface area contributed by atoms with Crippen molar-refractivity contribution >= 4 is 11.7 Å². The molecule has 0 aliphatic rings. The van der Waals surface area contributed by atoms with Crippen molar-refractivity contribution in [3.8, 4) is 0 Å². The molecular formula is C18H25N5O3. The van der Waals surface area contributed by atoms with Crippen molar-refractivity contribution in [3.05, 3.63) is 57.5 Å². The third kappa shape index (κ3) is 5.13. The van der Waals surface area contributed by atoms with Crippen molar-refractivity contribution in [2.24, 2.45) is 5.73 Å². The highest BCUT2D eigenvalue weighted by molar-refractivity contribution is 5.75. The Labute approximate surface area is 152 Å². The number of aromatic nitrogens is 2. The van der Waals surface area contributed by atoms with E-state index in [-0.39, 0.29) is 24.2 Å². The van der Waals surface area contributed by atoms with Gasteiger partial charge in [0, 0.05) is 32.5 Å². The molecule has 8 nitrogen and oxygen atoms in total. The van der Waals surface area contributed by atoms with Crippen LogP contribution in [-0.4, -0.2) is 26.9 Å². The van der Waals surface area contributed by atoms with Gasteiger partial charge in [-0.2, -0.15) is 0 Å². The highest BCUT2D eigenvalue weighted by atomic mass is 16.6. The first-order valence-corrected chi connectivity index (χ1v) is 8.58. The van der Waals surface area contributed by atoms with Crippen LogP contribution >= 0.6 is 0 Å². The second kappa shape index (κ2) is 8.57. The average Bonchev–Trinajstić information content (AvgIpc) is 2.99. The van der Waals surface area contributed by atoms with Crippen LogP contribution in [0.15, 0.2) is 30.5 Å². The molecule has 1 amide bonds. The molecule has 2 aromatic rings. The summed E-state index contributed by atoms with van der Waals surface area (Å²) in [5.74, 6) is 0.596. The van der Waals surface area contributed by atoms with Gasteiger partial charge in [0.15, 0.2) is 0 Å². The zero-order chi connectivity index (χ0) is 19.3. The summed E-state index contributed by atoms with van der Waals surface area (Å²) in [7, 11) is 0. The fourth-order valence-corrected chi connectivity index (χ4v) is 2.59. The number of benzene rings is 1. The van der Waals surface area contributed by atoms with Crippen LogP contribution in [-0.2, 0) is 11.3 Å². The maximum absolute atomic E-state index is 12.0. The molecule has 3 N–H and O–H groups in total. The van der Waals surface area contributed by atoms with Crippen molar-refractivity contribution in [3.63, 3.8) is 0 Å². The number of rotatable bonds is 8. The summed E-state index contributed by atoms with van der Waals surface area (Å²) in [5.41, 5.74) is 8.35. The Balaban J connectivity index is 1.81. The lowest BCUT2D eigenvalue weighted by Gasteiger charge is -2.14. The quantitative estimate of drug-likeness (QED) is 0.554. The Hall–Kier alpha value is -2.74. The molecule has 0 fully saturated rings. The van der Waals surface area contributed by atoms with Gasteiger partial charge in [0.05, 0.1) is 0 Å². The summed E-state index contributed by atoms with van der Waals surface area (Å²) >= 11 is 0. The van der Waals surface area contributed by atoms with Gasteiger partial charge in [-0.1, -0.05) is 38.1 Å². The minimum Gasteiger partial charge on any atom is -0.358 e. The molecule has 8 heteroatoms. The minimum absolute atomic E-state index is 0.157. The summed E-state index contributed by atoms with van der Waals surface area (Å²) in [5, 5.41) is 13.5. The molecule has 1 heterocycles. The van der Waals surface area contributed by atoms with E-state index in [4.69, 9.17) is 5.73 Å². The maximum Gasteiger partial charge on any atom is 0.381 e. The van der Waals surface area contributed by atoms with Gasteiger partial charge in [0.1, 0.15) is 6.20 Å². The van der Waals surface area contributed by atoms with E-state index in [1.807, 2.05) is 12.1 Å². The van der Waals surface area contributed by atoms with Crippen LogP contribution in [0.3, 0.4) is 0 Å². The molecule has 0 aliphatic heterocycles. The highest BCUT2D eigenvalue weighted by Crippen LogP contribution is 2.17. The lowest BCUT2D eigenvalue weighted by molar-refractivity contribution is -0.389. The minimum atomic E-state index is -0.548. The Morgan fingerprint density at radius 1 is 1.31 bits per heavy atom. The van der Waals surface area contributed by atoms with E-state index in [0.29, 0.717) is 24.8 Å². The lowest BCUT2D eigenvalue weighted by Crippen LogP contribution is -2.32. The SMILES string of the molecule is Cc1nc([N+](=O)[O-])cn1CCC(=O)NCC(N)c1ccc(C(C)C)cc1. The van der Waals surface area contributed by atoms with Gasteiger partial charge in [0.2, 0.25) is 11.7 Å². The summed E-state index contributed by atoms with van der Waals surface area (Å²) in [4.78, 5) is 26.0. The van der Waals surface area contributed by atoms with E-state index < -0.39 is 4.92 Å². The van der Waals surface area contributed by atoms with Crippen molar-refractivity contribution in [1.82, 2.24) is 14.9 Å². The van der Waals surface area contributed by atoms with Crippen LogP contribution in [0.4, 0.5) is 5.82 Å². The number of carbonyl (C=O) groups excluding carboxylic acids is 1. The van der Waals surface area contributed by atoms with Gasteiger partial charge in [0.25, 0.3) is 0 Å². The molecular weight excluding hydrogens is 334 g/mol. The number of hydrogen-bond donors (Lipinski definition) is 2. The summed E-state index contributed by atoms with van der Waals surface area (Å²) in [6.45, 7) is 6.60. The van der Waals surface area contributed by atoms with Crippen LogP contribution < -0.4 is 11.1 Å². The summed E-state index contributed by atoms with van der Waals surface area (Å²) < 4.78 is 1.60. The number of amides is 1. The summed E-state index contributed by atoms with van der Waals surface area (Å²) in [6.07, 6.45) is 1.54. The van der Waals surface area contributed by atoms with Crippen LogP contribution in [0.25, 0.3) is 0 Å². The molecule has 0 radical (unpaired) electrons. The van der Waals surface area contributed by atoms with E-state index in [1.54, 1.807) is 11.5 Å². The fourth-order valence-electron chi connectivity index (χ4n) is 2.59. The number of nitrogens with two attached hydrogens (primary N) is 1. The molecule has 1 unspecified atom stereocenters. The first-order chi connectivity index (χ1) is 12.3. The molecule has 0 saturated heterocycles. The van der Waals surface area contributed by atoms with Gasteiger partial charge in [-0.05, 0) is 27.0 Å². The van der Waals surface area contributed by atoms with E-state index >= 15 is 0 Å². The zero-order valence-electron chi connectivity index (χ0n) is 15.3. The molecule has 0 saturated carbocycles. The number of hydrogen-bond acceptors (Lipinski definition) is 5. The largest absolute Gasteiger partial charge is 0.381 e. The smallest absolute Gasteiger partial charge is 0.358 e. The first-order valence-electron chi connectivity index (χ1n) is 8.58. The average molecular weight is 359 g/mol. The number of nitro groups is 1. The van der Waals surface area contributed by atoms with Crippen molar-refractivity contribution in [2.75, 3.05) is 6.54 Å². The van der Waals surface area contributed by atoms with Gasteiger partial charge in [-0.3, -0.25) is 4.79 Å². The Kier molecular flexibility index (Phi) is 6.46. The third-order valence-corrected chi connectivity index (χ3v) is 4.28. The number of nitrogens with one attached hydrogen (secondary N) is 1. The fraction of sp³-hybridized carbons (Fsp3) is 0.444. The standard InChI is InChI=1S/C18H25N5O3/c1-12(2)14-4-6-15(7-5-14)16(19)10-20-18(24)8-9-22-11-17(23(25)26)21-13(22)3/h4-7,11-12,16H,8-10,19H2,1-3H3,(H,20,24). The number of imidazole rings is 1. The number of aryl methyl sites for hydroxylation is 2. The second-order valence-corrected chi connectivity index (χ2v) is 6.58.